The van der Waals surface area contributed by atoms with Gasteiger partial charge in [-0.15, -0.1) is 0 Å². The summed E-state index contributed by atoms with van der Waals surface area (Å²) < 4.78 is 5.46. The number of benzene rings is 1. The Kier molecular flexibility index (Phi) is 4.39. The molecule has 19 heavy (non-hydrogen) atoms. The second-order valence-corrected chi connectivity index (χ2v) is 4.46. The van der Waals surface area contributed by atoms with Crippen molar-refractivity contribution in [1.82, 2.24) is 5.32 Å². The van der Waals surface area contributed by atoms with Gasteiger partial charge in [0.2, 0.25) is 11.8 Å². The quantitative estimate of drug-likeness (QED) is 0.865. The van der Waals surface area contributed by atoms with Crippen molar-refractivity contribution >= 4 is 17.5 Å². The molecule has 1 aromatic carbocycles. The number of nitrogens with one attached hydrogen (secondary N) is 2. The van der Waals surface area contributed by atoms with Crippen molar-refractivity contribution in [3.8, 4) is 5.75 Å². The van der Waals surface area contributed by atoms with Crippen LogP contribution in [0, 0.1) is 5.92 Å². The van der Waals surface area contributed by atoms with Crippen molar-refractivity contribution in [2.75, 3.05) is 18.5 Å². The summed E-state index contributed by atoms with van der Waals surface area (Å²) in [6.07, 6.45) is 1.000. The third kappa shape index (κ3) is 3.47. The van der Waals surface area contributed by atoms with Crippen molar-refractivity contribution in [3.63, 3.8) is 0 Å². The number of hydrogen-bond donors (Lipinski definition) is 2. The van der Waals surface area contributed by atoms with E-state index in [1.54, 1.807) is 0 Å². The molecule has 2 rings (SSSR count). The molecule has 1 heterocycles. The highest BCUT2D eigenvalue weighted by molar-refractivity contribution is 5.95. The zero-order valence-electron chi connectivity index (χ0n) is 10.9. The Morgan fingerprint density at radius 1 is 1.47 bits per heavy atom. The van der Waals surface area contributed by atoms with Gasteiger partial charge in [0.25, 0.3) is 0 Å². The number of rotatable bonds is 4. The highest BCUT2D eigenvalue weighted by Gasteiger charge is 2.24. The second kappa shape index (κ2) is 6.22. The summed E-state index contributed by atoms with van der Waals surface area (Å²) in [6, 6.07) is 7.34. The van der Waals surface area contributed by atoms with Crippen LogP contribution < -0.4 is 15.4 Å². The number of para-hydroxylation sites is 2. The molecule has 0 bridgehead atoms. The lowest BCUT2D eigenvalue weighted by Gasteiger charge is -2.22. The van der Waals surface area contributed by atoms with Gasteiger partial charge in [-0.3, -0.25) is 9.59 Å². The van der Waals surface area contributed by atoms with Crippen molar-refractivity contribution in [2.45, 2.75) is 19.8 Å². The van der Waals surface area contributed by atoms with Crippen LogP contribution >= 0.6 is 0 Å². The van der Waals surface area contributed by atoms with Crippen molar-refractivity contribution in [3.05, 3.63) is 24.3 Å². The molecular weight excluding hydrogens is 244 g/mol. The Labute approximate surface area is 112 Å². The number of hydrogen-bond acceptors (Lipinski definition) is 3. The first-order valence-corrected chi connectivity index (χ1v) is 6.50. The predicted molar refractivity (Wildman–Crippen MR) is 72.0 cm³/mol. The van der Waals surface area contributed by atoms with Crippen LogP contribution in [-0.4, -0.2) is 25.0 Å². The van der Waals surface area contributed by atoms with E-state index in [4.69, 9.17) is 4.74 Å². The van der Waals surface area contributed by atoms with E-state index in [1.165, 1.54) is 0 Å². The Balaban J connectivity index is 2.00. The lowest BCUT2D eigenvalue weighted by atomic mass is 9.98. The van der Waals surface area contributed by atoms with Crippen LogP contribution in [0.3, 0.4) is 0 Å². The molecule has 0 radical (unpaired) electrons. The Hall–Kier alpha value is -2.04. The van der Waals surface area contributed by atoms with E-state index in [2.05, 4.69) is 10.6 Å². The molecule has 0 spiro atoms. The molecule has 102 valence electrons. The molecule has 1 aromatic rings. The van der Waals surface area contributed by atoms with Gasteiger partial charge in [0.05, 0.1) is 18.2 Å². The summed E-state index contributed by atoms with van der Waals surface area (Å²) in [5.74, 6) is 0.427. The zero-order chi connectivity index (χ0) is 13.7. The minimum Gasteiger partial charge on any atom is -0.492 e. The summed E-state index contributed by atoms with van der Waals surface area (Å²) >= 11 is 0. The van der Waals surface area contributed by atoms with Crippen LogP contribution in [-0.2, 0) is 9.59 Å². The van der Waals surface area contributed by atoms with Crippen LogP contribution in [0.1, 0.15) is 19.8 Å². The maximum Gasteiger partial charge on any atom is 0.229 e. The van der Waals surface area contributed by atoms with Gasteiger partial charge in [0, 0.05) is 13.0 Å². The minimum atomic E-state index is -0.174. The Morgan fingerprint density at radius 3 is 2.95 bits per heavy atom. The highest BCUT2D eigenvalue weighted by Crippen LogP contribution is 2.25. The van der Waals surface area contributed by atoms with Gasteiger partial charge in [-0.2, -0.15) is 0 Å². The number of anilines is 1. The van der Waals surface area contributed by atoms with E-state index in [9.17, 15) is 9.59 Å². The minimum absolute atomic E-state index is 0.0127. The fraction of sp³-hybridized carbons (Fsp3) is 0.429. The molecule has 0 unspecified atom stereocenters. The molecule has 1 atom stereocenters. The summed E-state index contributed by atoms with van der Waals surface area (Å²) in [6.45, 7) is 2.85. The third-order valence-electron chi connectivity index (χ3n) is 3.08. The molecule has 1 saturated heterocycles. The molecular formula is C14H18N2O3. The van der Waals surface area contributed by atoms with Gasteiger partial charge in [0.1, 0.15) is 5.75 Å². The molecule has 2 amide bonds. The Bertz CT molecular complexity index is 464. The van der Waals surface area contributed by atoms with Crippen molar-refractivity contribution in [2.24, 2.45) is 5.92 Å². The van der Waals surface area contributed by atoms with Crippen LogP contribution in [0.2, 0.25) is 0 Å². The van der Waals surface area contributed by atoms with E-state index < -0.39 is 0 Å². The Morgan fingerprint density at radius 2 is 2.26 bits per heavy atom. The van der Waals surface area contributed by atoms with E-state index in [1.807, 2.05) is 31.2 Å². The second-order valence-electron chi connectivity index (χ2n) is 4.46. The van der Waals surface area contributed by atoms with Crippen LogP contribution in [0.5, 0.6) is 5.75 Å². The van der Waals surface area contributed by atoms with Crippen LogP contribution in [0.25, 0.3) is 0 Å². The molecule has 1 aliphatic rings. The van der Waals surface area contributed by atoms with Gasteiger partial charge in [-0.25, -0.2) is 0 Å². The van der Waals surface area contributed by atoms with E-state index in [-0.39, 0.29) is 17.7 Å². The SMILES string of the molecule is CCOc1ccccc1NC(=O)[C@H]1CCC(=O)NC1. The van der Waals surface area contributed by atoms with Gasteiger partial charge in [0.15, 0.2) is 0 Å². The topological polar surface area (TPSA) is 67.4 Å². The number of amides is 2. The van der Waals surface area contributed by atoms with E-state index in [0.717, 1.165) is 0 Å². The van der Waals surface area contributed by atoms with Gasteiger partial charge < -0.3 is 15.4 Å². The normalized spacial score (nSPS) is 18.6. The first kappa shape index (κ1) is 13.4. The molecule has 0 saturated carbocycles. The maximum atomic E-state index is 12.1. The number of carbonyl (C=O) groups is 2. The molecule has 5 heteroatoms. The molecule has 2 N–H and O–H groups in total. The van der Waals surface area contributed by atoms with Gasteiger partial charge in [-0.1, -0.05) is 12.1 Å². The zero-order valence-corrected chi connectivity index (χ0v) is 10.9. The predicted octanol–water partition coefficient (Wildman–Crippen LogP) is 1.55. The summed E-state index contributed by atoms with van der Waals surface area (Å²) in [5.41, 5.74) is 0.672. The monoisotopic (exact) mass is 262 g/mol. The first-order chi connectivity index (χ1) is 9.20. The van der Waals surface area contributed by atoms with Crippen LogP contribution in [0.4, 0.5) is 5.69 Å². The molecule has 5 nitrogen and oxygen atoms in total. The maximum absolute atomic E-state index is 12.1. The third-order valence-corrected chi connectivity index (χ3v) is 3.08. The lowest BCUT2D eigenvalue weighted by molar-refractivity contribution is -0.126. The van der Waals surface area contributed by atoms with Crippen molar-refractivity contribution < 1.29 is 14.3 Å². The molecule has 1 fully saturated rings. The standard InChI is InChI=1S/C14H18N2O3/c1-2-19-12-6-4-3-5-11(12)16-14(18)10-7-8-13(17)15-9-10/h3-6,10H,2,7-9H2,1H3,(H,15,17)(H,16,18)/t10-/m0/s1. The average Bonchev–Trinajstić information content (AvgIpc) is 2.42. The summed E-state index contributed by atoms with van der Waals surface area (Å²) in [7, 11) is 0. The molecule has 1 aliphatic heterocycles. The van der Waals surface area contributed by atoms with Crippen LogP contribution in [0.15, 0.2) is 24.3 Å². The molecule has 0 aromatic heterocycles. The van der Waals surface area contributed by atoms with E-state index >= 15 is 0 Å². The number of carbonyl (C=O) groups excluding carboxylic acids is 2. The molecule has 0 aliphatic carbocycles. The lowest BCUT2D eigenvalue weighted by Crippen LogP contribution is -2.40. The first-order valence-electron chi connectivity index (χ1n) is 6.50. The largest absolute Gasteiger partial charge is 0.492 e. The highest BCUT2D eigenvalue weighted by atomic mass is 16.5. The van der Waals surface area contributed by atoms with Crippen molar-refractivity contribution in [1.29, 1.82) is 0 Å². The fourth-order valence-electron chi connectivity index (χ4n) is 2.04. The van der Waals surface area contributed by atoms with Gasteiger partial charge >= 0.3 is 0 Å². The van der Waals surface area contributed by atoms with E-state index in [0.29, 0.717) is 37.4 Å². The summed E-state index contributed by atoms with van der Waals surface area (Å²) in [5, 5.41) is 5.57. The fourth-order valence-corrected chi connectivity index (χ4v) is 2.04. The smallest absolute Gasteiger partial charge is 0.229 e. The summed E-state index contributed by atoms with van der Waals surface area (Å²) in [4.78, 5) is 23.2. The number of piperidine rings is 1. The van der Waals surface area contributed by atoms with Gasteiger partial charge in [-0.05, 0) is 25.5 Å². The average molecular weight is 262 g/mol. The number of ether oxygens (including phenoxy) is 1.